The van der Waals surface area contributed by atoms with Crippen molar-refractivity contribution in [2.24, 2.45) is 5.92 Å². The Bertz CT molecular complexity index is 739. The summed E-state index contributed by atoms with van der Waals surface area (Å²) in [6.45, 7) is 7.58. The Morgan fingerprint density at radius 2 is 2.15 bits per heavy atom. The van der Waals surface area contributed by atoms with Gasteiger partial charge in [0.25, 0.3) is 0 Å². The van der Waals surface area contributed by atoms with E-state index in [2.05, 4.69) is 40.9 Å². The molecule has 2 aromatic rings. The normalized spacial score (nSPS) is 20.2. The van der Waals surface area contributed by atoms with E-state index in [1.165, 1.54) is 29.7 Å². The molecule has 1 saturated carbocycles. The maximum Gasteiger partial charge on any atom is 0.119 e. The van der Waals surface area contributed by atoms with Gasteiger partial charge in [-0.1, -0.05) is 12.1 Å². The first-order valence-electron chi connectivity index (χ1n) is 9.74. The van der Waals surface area contributed by atoms with Gasteiger partial charge in [-0.05, 0) is 43.4 Å². The SMILES string of the molecule is CCOC[C@H]1CN(Cc2cccc(OC)c2)Cc2cnn(CC3CC3)c21. The largest absolute Gasteiger partial charge is 0.497 e. The van der Waals surface area contributed by atoms with Gasteiger partial charge in [-0.25, -0.2) is 0 Å². The molecule has 26 heavy (non-hydrogen) atoms. The predicted octanol–water partition coefficient (Wildman–Crippen LogP) is 3.44. The summed E-state index contributed by atoms with van der Waals surface area (Å²) < 4.78 is 13.5. The molecule has 0 spiro atoms. The van der Waals surface area contributed by atoms with Crippen molar-refractivity contribution in [3.05, 3.63) is 47.3 Å². The standard InChI is InChI=1S/C21H29N3O2/c1-3-26-15-19-14-23(11-17-5-4-6-20(9-17)25-2)13-18-10-22-24(21(18)19)12-16-7-8-16/h4-6,9-10,16,19H,3,7-8,11-15H2,1-2H3/t19-/m1/s1. The fourth-order valence-electron chi connectivity index (χ4n) is 3.96. The molecular weight excluding hydrogens is 326 g/mol. The van der Waals surface area contributed by atoms with Gasteiger partial charge in [-0.2, -0.15) is 5.10 Å². The van der Waals surface area contributed by atoms with Crippen molar-refractivity contribution >= 4 is 0 Å². The van der Waals surface area contributed by atoms with E-state index in [4.69, 9.17) is 14.6 Å². The molecule has 1 aliphatic heterocycles. The lowest BCUT2D eigenvalue weighted by atomic mass is 9.96. The van der Waals surface area contributed by atoms with E-state index >= 15 is 0 Å². The molecule has 140 valence electrons. The molecule has 0 N–H and O–H groups in total. The van der Waals surface area contributed by atoms with Crippen molar-refractivity contribution in [1.29, 1.82) is 0 Å². The molecule has 0 unspecified atom stereocenters. The summed E-state index contributed by atoms with van der Waals surface area (Å²) in [5, 5.41) is 4.72. The van der Waals surface area contributed by atoms with E-state index in [0.717, 1.165) is 51.1 Å². The smallest absolute Gasteiger partial charge is 0.119 e. The van der Waals surface area contributed by atoms with Gasteiger partial charge in [0.05, 0.1) is 19.9 Å². The van der Waals surface area contributed by atoms with Crippen molar-refractivity contribution in [1.82, 2.24) is 14.7 Å². The van der Waals surface area contributed by atoms with Crippen LogP contribution >= 0.6 is 0 Å². The van der Waals surface area contributed by atoms with Crippen molar-refractivity contribution in [2.45, 2.75) is 45.3 Å². The first-order valence-corrected chi connectivity index (χ1v) is 9.74. The molecule has 0 amide bonds. The number of hydrogen-bond acceptors (Lipinski definition) is 4. The monoisotopic (exact) mass is 355 g/mol. The molecular formula is C21H29N3O2. The Kier molecular flexibility index (Phi) is 5.27. The second-order valence-corrected chi connectivity index (χ2v) is 7.56. The zero-order valence-corrected chi connectivity index (χ0v) is 15.9. The number of nitrogens with zero attached hydrogens (tertiary/aromatic N) is 3. The molecule has 5 nitrogen and oxygen atoms in total. The van der Waals surface area contributed by atoms with Crippen LogP contribution in [0.2, 0.25) is 0 Å². The second-order valence-electron chi connectivity index (χ2n) is 7.56. The molecule has 0 saturated heterocycles. The minimum atomic E-state index is 0.394. The minimum Gasteiger partial charge on any atom is -0.497 e. The third kappa shape index (κ3) is 3.94. The first kappa shape index (κ1) is 17.6. The average Bonchev–Trinajstić information content (AvgIpc) is 3.39. The molecule has 1 fully saturated rings. The van der Waals surface area contributed by atoms with Crippen LogP contribution in [0.4, 0.5) is 0 Å². The lowest BCUT2D eigenvalue weighted by Crippen LogP contribution is -2.36. The lowest BCUT2D eigenvalue weighted by Gasteiger charge is -2.33. The van der Waals surface area contributed by atoms with Crippen molar-refractivity contribution in [3.8, 4) is 5.75 Å². The quantitative estimate of drug-likeness (QED) is 0.727. The zero-order chi connectivity index (χ0) is 17.9. The van der Waals surface area contributed by atoms with Gasteiger partial charge in [0.2, 0.25) is 0 Å². The molecule has 4 rings (SSSR count). The number of fused-ring (bicyclic) bond motifs is 1. The fourth-order valence-corrected chi connectivity index (χ4v) is 3.96. The zero-order valence-electron chi connectivity index (χ0n) is 15.9. The Morgan fingerprint density at radius 1 is 1.27 bits per heavy atom. The average molecular weight is 355 g/mol. The number of ether oxygens (including phenoxy) is 2. The van der Waals surface area contributed by atoms with Gasteiger partial charge in [-0.15, -0.1) is 0 Å². The van der Waals surface area contributed by atoms with Crippen molar-refractivity contribution in [3.63, 3.8) is 0 Å². The molecule has 0 radical (unpaired) electrons. The van der Waals surface area contributed by atoms with Crippen molar-refractivity contribution < 1.29 is 9.47 Å². The van der Waals surface area contributed by atoms with Crippen LogP contribution in [0.1, 0.15) is 42.5 Å². The molecule has 5 heteroatoms. The number of rotatable bonds is 8. The number of aromatic nitrogens is 2. The Hall–Kier alpha value is -1.85. The molecule has 1 atom stereocenters. The van der Waals surface area contributed by atoms with Gasteiger partial charge in [0, 0.05) is 50.0 Å². The van der Waals surface area contributed by atoms with Gasteiger partial charge >= 0.3 is 0 Å². The molecule has 2 aliphatic rings. The topological polar surface area (TPSA) is 39.5 Å². The van der Waals surface area contributed by atoms with Gasteiger partial charge in [-0.3, -0.25) is 9.58 Å². The maximum absolute atomic E-state index is 5.82. The third-order valence-electron chi connectivity index (χ3n) is 5.41. The highest BCUT2D eigenvalue weighted by atomic mass is 16.5. The molecule has 0 bridgehead atoms. The third-order valence-corrected chi connectivity index (χ3v) is 5.41. The van der Waals surface area contributed by atoms with E-state index < -0.39 is 0 Å². The summed E-state index contributed by atoms with van der Waals surface area (Å²) in [5.74, 6) is 2.15. The van der Waals surface area contributed by atoms with Crippen LogP contribution in [0, 0.1) is 5.92 Å². The summed E-state index contributed by atoms with van der Waals surface area (Å²) in [7, 11) is 1.72. The van der Waals surface area contributed by atoms with Gasteiger partial charge in [0.15, 0.2) is 0 Å². The highest BCUT2D eigenvalue weighted by molar-refractivity contribution is 5.30. The summed E-state index contributed by atoms with van der Waals surface area (Å²) in [6, 6.07) is 8.36. The van der Waals surface area contributed by atoms with E-state index in [0.29, 0.717) is 5.92 Å². The van der Waals surface area contributed by atoms with Crippen LogP contribution in [0.5, 0.6) is 5.75 Å². The van der Waals surface area contributed by atoms with E-state index in [1.54, 1.807) is 7.11 Å². The second kappa shape index (κ2) is 7.80. The van der Waals surface area contributed by atoms with Gasteiger partial charge in [0.1, 0.15) is 5.75 Å². The highest BCUT2D eigenvalue weighted by Gasteiger charge is 2.31. The van der Waals surface area contributed by atoms with Crippen LogP contribution < -0.4 is 4.74 Å². The maximum atomic E-state index is 5.82. The van der Waals surface area contributed by atoms with Crippen molar-refractivity contribution in [2.75, 3.05) is 26.9 Å². The van der Waals surface area contributed by atoms with Crippen LogP contribution in [-0.4, -0.2) is 41.5 Å². The molecule has 1 aromatic heterocycles. The van der Waals surface area contributed by atoms with Crippen LogP contribution in [0.15, 0.2) is 30.5 Å². The summed E-state index contributed by atoms with van der Waals surface area (Å²) in [5.41, 5.74) is 4.06. The predicted molar refractivity (Wildman–Crippen MR) is 101 cm³/mol. The Morgan fingerprint density at radius 3 is 2.92 bits per heavy atom. The fraction of sp³-hybridized carbons (Fsp3) is 0.571. The highest BCUT2D eigenvalue weighted by Crippen LogP contribution is 2.35. The lowest BCUT2D eigenvalue weighted by molar-refractivity contribution is 0.102. The van der Waals surface area contributed by atoms with Crippen LogP contribution in [0.25, 0.3) is 0 Å². The number of benzene rings is 1. The number of methoxy groups -OCH3 is 1. The first-order chi connectivity index (χ1) is 12.8. The summed E-state index contributed by atoms with van der Waals surface area (Å²) >= 11 is 0. The summed E-state index contributed by atoms with van der Waals surface area (Å²) in [4.78, 5) is 2.50. The Balaban J connectivity index is 1.52. The van der Waals surface area contributed by atoms with E-state index in [1.807, 2.05) is 6.07 Å². The van der Waals surface area contributed by atoms with Crippen LogP contribution in [0.3, 0.4) is 0 Å². The molecule has 2 heterocycles. The van der Waals surface area contributed by atoms with E-state index in [-0.39, 0.29) is 0 Å². The molecule has 1 aromatic carbocycles. The number of hydrogen-bond donors (Lipinski definition) is 0. The van der Waals surface area contributed by atoms with Gasteiger partial charge < -0.3 is 9.47 Å². The summed E-state index contributed by atoms with van der Waals surface area (Å²) in [6.07, 6.45) is 4.79. The Labute approximate surface area is 155 Å². The van der Waals surface area contributed by atoms with E-state index in [9.17, 15) is 0 Å². The molecule has 1 aliphatic carbocycles. The minimum absolute atomic E-state index is 0.394. The van der Waals surface area contributed by atoms with Crippen LogP contribution in [-0.2, 0) is 24.4 Å².